The van der Waals surface area contributed by atoms with Crippen molar-refractivity contribution in [2.75, 3.05) is 0 Å². The Morgan fingerprint density at radius 2 is 1.22 bits per heavy atom. The minimum Gasteiger partial charge on any atom is -0.207 e. The van der Waals surface area contributed by atoms with Crippen molar-refractivity contribution >= 4 is 10.8 Å². The summed E-state index contributed by atoms with van der Waals surface area (Å²) in [5, 5.41) is 1.78. The lowest BCUT2D eigenvalue weighted by Crippen LogP contribution is -2.01. The van der Waals surface area contributed by atoms with Gasteiger partial charge in [0.1, 0.15) is 17.5 Å². The molecule has 4 aromatic carbocycles. The second-order valence-corrected chi connectivity index (χ2v) is 7.94. The minimum atomic E-state index is -0.464. The van der Waals surface area contributed by atoms with E-state index in [1.54, 1.807) is 6.07 Å². The van der Waals surface area contributed by atoms with Crippen LogP contribution in [0.3, 0.4) is 0 Å². The highest BCUT2D eigenvalue weighted by Crippen LogP contribution is 2.20. The highest BCUT2D eigenvalue weighted by Gasteiger charge is 2.11. The fraction of sp³-hybridized carbons (Fsp3) is 0.172. The van der Waals surface area contributed by atoms with Crippen LogP contribution in [0.25, 0.3) is 10.8 Å². The molecule has 0 aliphatic carbocycles. The standard InChI is InChI=1S/C29H23F3/c1-2-3-23-17-28(31)27(29(32)18-23)15-11-21-6-4-20(5-7-21)8-9-22-10-12-25-19-26(30)14-13-24(25)16-22/h4-7,10,12-14,16-19H,2-3,11,15H2,1H3. The van der Waals surface area contributed by atoms with Crippen LogP contribution in [0.4, 0.5) is 13.2 Å². The maximum atomic E-state index is 14.3. The Morgan fingerprint density at radius 3 is 1.94 bits per heavy atom. The van der Waals surface area contributed by atoms with Crippen molar-refractivity contribution in [1.82, 2.24) is 0 Å². The van der Waals surface area contributed by atoms with Crippen LogP contribution in [0.1, 0.15) is 41.2 Å². The van der Waals surface area contributed by atoms with Gasteiger partial charge in [0.05, 0.1) is 0 Å². The molecule has 0 aliphatic rings. The molecule has 0 amide bonds. The van der Waals surface area contributed by atoms with E-state index in [9.17, 15) is 13.2 Å². The van der Waals surface area contributed by atoms with Gasteiger partial charge in [0.25, 0.3) is 0 Å². The first-order valence-electron chi connectivity index (χ1n) is 10.8. The van der Waals surface area contributed by atoms with Crippen LogP contribution in [-0.4, -0.2) is 0 Å². The molecule has 0 saturated carbocycles. The van der Waals surface area contributed by atoms with E-state index in [0.29, 0.717) is 24.8 Å². The molecule has 32 heavy (non-hydrogen) atoms. The predicted octanol–water partition coefficient (Wildman–Crippen LogP) is 7.39. The molecule has 0 heterocycles. The lowest BCUT2D eigenvalue weighted by molar-refractivity contribution is 0.551. The first-order valence-corrected chi connectivity index (χ1v) is 10.8. The average Bonchev–Trinajstić information content (AvgIpc) is 2.78. The molecular weight excluding hydrogens is 405 g/mol. The van der Waals surface area contributed by atoms with Crippen LogP contribution in [0, 0.1) is 29.3 Å². The van der Waals surface area contributed by atoms with Gasteiger partial charge in [0.2, 0.25) is 0 Å². The number of rotatable bonds is 5. The molecule has 0 unspecified atom stereocenters. The van der Waals surface area contributed by atoms with Gasteiger partial charge in [-0.1, -0.05) is 49.5 Å². The van der Waals surface area contributed by atoms with E-state index in [-0.39, 0.29) is 11.4 Å². The van der Waals surface area contributed by atoms with Gasteiger partial charge in [-0.15, -0.1) is 0 Å². The van der Waals surface area contributed by atoms with Gasteiger partial charge in [-0.05, 0) is 89.7 Å². The summed E-state index contributed by atoms with van der Waals surface area (Å²) >= 11 is 0. The van der Waals surface area contributed by atoms with Crippen LogP contribution in [-0.2, 0) is 19.3 Å². The molecule has 0 spiro atoms. The van der Waals surface area contributed by atoms with Crippen molar-refractivity contribution in [1.29, 1.82) is 0 Å². The molecule has 160 valence electrons. The Bertz CT molecular complexity index is 1290. The summed E-state index contributed by atoms with van der Waals surface area (Å²) in [6.07, 6.45) is 2.39. The molecule has 0 fully saturated rings. The summed E-state index contributed by atoms with van der Waals surface area (Å²) in [5.74, 6) is 5.08. The van der Waals surface area contributed by atoms with Gasteiger partial charge in [-0.3, -0.25) is 0 Å². The van der Waals surface area contributed by atoms with Crippen LogP contribution < -0.4 is 0 Å². The van der Waals surface area contributed by atoms with Gasteiger partial charge < -0.3 is 0 Å². The highest BCUT2D eigenvalue weighted by atomic mass is 19.1. The molecule has 0 atom stereocenters. The fourth-order valence-electron chi connectivity index (χ4n) is 3.79. The molecule has 0 nitrogen and oxygen atoms in total. The van der Waals surface area contributed by atoms with E-state index < -0.39 is 11.6 Å². The Morgan fingerprint density at radius 1 is 0.594 bits per heavy atom. The first-order chi connectivity index (χ1) is 15.5. The topological polar surface area (TPSA) is 0 Å². The van der Waals surface area contributed by atoms with Crippen LogP contribution in [0.2, 0.25) is 0 Å². The van der Waals surface area contributed by atoms with Crippen LogP contribution in [0.5, 0.6) is 0 Å². The molecular formula is C29H23F3. The third-order valence-electron chi connectivity index (χ3n) is 5.51. The Labute approximate surface area is 186 Å². The van der Waals surface area contributed by atoms with Gasteiger partial charge in [0.15, 0.2) is 0 Å². The second kappa shape index (κ2) is 9.75. The maximum absolute atomic E-state index is 14.3. The quantitative estimate of drug-likeness (QED) is 0.291. The van der Waals surface area contributed by atoms with Gasteiger partial charge >= 0.3 is 0 Å². The van der Waals surface area contributed by atoms with E-state index in [4.69, 9.17) is 0 Å². The van der Waals surface area contributed by atoms with E-state index in [1.807, 2.05) is 49.4 Å². The highest BCUT2D eigenvalue weighted by molar-refractivity contribution is 5.84. The normalized spacial score (nSPS) is 10.8. The molecule has 0 saturated heterocycles. The third-order valence-corrected chi connectivity index (χ3v) is 5.51. The SMILES string of the molecule is CCCc1cc(F)c(CCc2ccc(C#Cc3ccc4cc(F)ccc4c3)cc2)c(F)c1. The number of aryl methyl sites for hydroxylation is 2. The van der Waals surface area contributed by atoms with Gasteiger partial charge in [-0.25, -0.2) is 13.2 Å². The van der Waals surface area contributed by atoms with E-state index in [1.165, 1.54) is 24.3 Å². The summed E-state index contributed by atoms with van der Waals surface area (Å²) in [5.41, 5.74) is 3.55. The lowest BCUT2D eigenvalue weighted by Gasteiger charge is -2.08. The van der Waals surface area contributed by atoms with Crippen molar-refractivity contribution in [3.05, 3.63) is 118 Å². The molecule has 0 N–H and O–H groups in total. The largest absolute Gasteiger partial charge is 0.207 e. The first kappa shape index (κ1) is 21.7. The number of fused-ring (bicyclic) bond motifs is 1. The van der Waals surface area contributed by atoms with E-state index in [0.717, 1.165) is 33.9 Å². The summed E-state index contributed by atoms with van der Waals surface area (Å²) in [6.45, 7) is 1.99. The number of hydrogen-bond acceptors (Lipinski definition) is 0. The molecule has 4 rings (SSSR count). The predicted molar refractivity (Wildman–Crippen MR) is 124 cm³/mol. The zero-order chi connectivity index (χ0) is 22.5. The second-order valence-electron chi connectivity index (χ2n) is 7.94. The maximum Gasteiger partial charge on any atom is 0.129 e. The molecule has 4 aromatic rings. The molecule has 0 aromatic heterocycles. The van der Waals surface area contributed by atoms with Gasteiger partial charge in [0, 0.05) is 16.7 Å². The molecule has 3 heteroatoms. The van der Waals surface area contributed by atoms with Crippen molar-refractivity contribution in [2.24, 2.45) is 0 Å². The minimum absolute atomic E-state index is 0.143. The van der Waals surface area contributed by atoms with Crippen molar-refractivity contribution in [2.45, 2.75) is 32.6 Å². The van der Waals surface area contributed by atoms with Crippen molar-refractivity contribution < 1.29 is 13.2 Å². The Kier molecular flexibility index (Phi) is 6.61. The fourth-order valence-corrected chi connectivity index (χ4v) is 3.79. The summed E-state index contributed by atoms with van der Waals surface area (Å²) in [6, 6.07) is 21.0. The number of halogens is 3. The average molecular weight is 428 g/mol. The van der Waals surface area contributed by atoms with Crippen LogP contribution >= 0.6 is 0 Å². The zero-order valence-corrected chi connectivity index (χ0v) is 17.9. The van der Waals surface area contributed by atoms with Crippen molar-refractivity contribution in [3.8, 4) is 11.8 Å². The van der Waals surface area contributed by atoms with Crippen molar-refractivity contribution in [3.63, 3.8) is 0 Å². The lowest BCUT2D eigenvalue weighted by atomic mass is 10.00. The number of hydrogen-bond donors (Lipinski definition) is 0. The van der Waals surface area contributed by atoms with Crippen LogP contribution in [0.15, 0.2) is 72.8 Å². The third kappa shape index (κ3) is 5.21. The Balaban J connectivity index is 1.43. The van der Waals surface area contributed by atoms with E-state index in [2.05, 4.69) is 11.8 Å². The summed E-state index contributed by atoms with van der Waals surface area (Å²) in [7, 11) is 0. The molecule has 0 radical (unpaired) electrons. The molecule has 0 aliphatic heterocycles. The summed E-state index contributed by atoms with van der Waals surface area (Å²) in [4.78, 5) is 0. The molecule has 0 bridgehead atoms. The monoisotopic (exact) mass is 428 g/mol. The Hall–Kier alpha value is -3.51. The number of benzene rings is 4. The van der Waals surface area contributed by atoms with Gasteiger partial charge in [-0.2, -0.15) is 0 Å². The summed E-state index contributed by atoms with van der Waals surface area (Å²) < 4.78 is 41.9. The zero-order valence-electron chi connectivity index (χ0n) is 17.9. The smallest absolute Gasteiger partial charge is 0.129 e. The van der Waals surface area contributed by atoms with E-state index >= 15 is 0 Å².